The second-order valence-electron chi connectivity index (χ2n) is 4.54. The predicted octanol–water partition coefficient (Wildman–Crippen LogP) is 2.62. The molecule has 0 radical (unpaired) electrons. The molecule has 12 heteroatoms. The van der Waals surface area contributed by atoms with E-state index in [4.69, 9.17) is 31.6 Å². The Morgan fingerprint density at radius 1 is 0.692 bits per heavy atom. The van der Waals surface area contributed by atoms with Crippen LogP contribution in [0.5, 0.6) is 0 Å². The molecular formula is C14H10Cl2O8S2. The van der Waals surface area contributed by atoms with Gasteiger partial charge < -0.3 is 10.2 Å². The molecule has 8 nitrogen and oxygen atoms in total. The molecule has 0 bridgehead atoms. The van der Waals surface area contributed by atoms with E-state index in [-0.39, 0.29) is 20.9 Å². The summed E-state index contributed by atoms with van der Waals surface area (Å²) in [4.78, 5) is 20.5. The first-order valence-corrected chi connectivity index (χ1v) is 11.0. The maximum absolute atomic E-state index is 10.8. The van der Waals surface area contributed by atoms with Gasteiger partial charge in [0, 0.05) is 21.4 Å². The van der Waals surface area contributed by atoms with Gasteiger partial charge in [0.25, 0.3) is 18.1 Å². The number of hydrogen-bond acceptors (Lipinski definition) is 6. The summed E-state index contributed by atoms with van der Waals surface area (Å²) in [5, 5.41) is 17.0. The molecule has 0 heterocycles. The zero-order valence-corrected chi connectivity index (χ0v) is 15.7. The van der Waals surface area contributed by atoms with Crippen molar-refractivity contribution in [1.29, 1.82) is 0 Å². The summed E-state index contributed by atoms with van der Waals surface area (Å²) < 4.78 is 43.0. The largest absolute Gasteiger partial charge is 0.478 e. The lowest BCUT2D eigenvalue weighted by Gasteiger charge is -1.97. The fourth-order valence-electron chi connectivity index (χ4n) is 1.54. The van der Waals surface area contributed by atoms with Crippen LogP contribution in [0.2, 0.25) is 0 Å². The van der Waals surface area contributed by atoms with Crippen LogP contribution in [0.4, 0.5) is 0 Å². The molecule has 0 aliphatic carbocycles. The summed E-state index contributed by atoms with van der Waals surface area (Å²) in [5.41, 5.74) is -0.0919. The van der Waals surface area contributed by atoms with Crippen LogP contribution in [0.25, 0.3) is 0 Å². The number of aromatic carboxylic acids is 2. The average molecular weight is 441 g/mol. The summed E-state index contributed by atoms with van der Waals surface area (Å²) in [6, 6.07) is 9.48. The highest BCUT2D eigenvalue weighted by molar-refractivity contribution is 8.14. The fourth-order valence-corrected chi connectivity index (χ4v) is 3.11. The monoisotopic (exact) mass is 440 g/mol. The van der Waals surface area contributed by atoms with E-state index in [0.29, 0.717) is 0 Å². The van der Waals surface area contributed by atoms with Crippen LogP contribution < -0.4 is 0 Å². The van der Waals surface area contributed by atoms with Crippen LogP contribution in [0.3, 0.4) is 0 Å². The lowest BCUT2D eigenvalue weighted by Crippen LogP contribution is -1.98. The molecule has 140 valence electrons. The van der Waals surface area contributed by atoms with Crippen molar-refractivity contribution >= 4 is 51.4 Å². The van der Waals surface area contributed by atoms with Gasteiger partial charge in [0.15, 0.2) is 0 Å². The van der Waals surface area contributed by atoms with Crippen molar-refractivity contribution in [3.05, 3.63) is 59.7 Å². The molecule has 0 amide bonds. The van der Waals surface area contributed by atoms with Gasteiger partial charge in [0.2, 0.25) is 0 Å². The molecular weight excluding hydrogens is 431 g/mol. The maximum Gasteiger partial charge on any atom is 0.335 e. The lowest BCUT2D eigenvalue weighted by atomic mass is 10.2. The van der Waals surface area contributed by atoms with Gasteiger partial charge in [0.05, 0.1) is 20.9 Å². The fraction of sp³-hybridized carbons (Fsp3) is 0. The third-order valence-corrected chi connectivity index (χ3v) is 5.47. The Morgan fingerprint density at radius 3 is 1.54 bits per heavy atom. The maximum atomic E-state index is 10.8. The van der Waals surface area contributed by atoms with E-state index in [2.05, 4.69) is 0 Å². The van der Waals surface area contributed by atoms with E-state index in [1.165, 1.54) is 30.3 Å². The SMILES string of the molecule is O=C(O)c1ccc(S(=O)(=O)Cl)cc1.O=C(O)c1cccc(S(=O)(=O)Cl)c1. The highest BCUT2D eigenvalue weighted by Gasteiger charge is 2.12. The first-order valence-electron chi connectivity index (χ1n) is 6.38. The van der Waals surface area contributed by atoms with Gasteiger partial charge in [-0.2, -0.15) is 0 Å². The minimum atomic E-state index is -3.85. The molecule has 0 saturated heterocycles. The third kappa shape index (κ3) is 6.64. The summed E-state index contributed by atoms with van der Waals surface area (Å²) in [7, 11) is 2.41. The van der Waals surface area contributed by atoms with Crippen molar-refractivity contribution in [1.82, 2.24) is 0 Å². The highest BCUT2D eigenvalue weighted by Crippen LogP contribution is 2.16. The van der Waals surface area contributed by atoms with E-state index in [1.807, 2.05) is 0 Å². The molecule has 0 aromatic heterocycles. The number of hydrogen-bond donors (Lipinski definition) is 2. The third-order valence-electron chi connectivity index (χ3n) is 2.75. The topological polar surface area (TPSA) is 143 Å². The molecule has 2 rings (SSSR count). The predicted molar refractivity (Wildman–Crippen MR) is 92.9 cm³/mol. The Labute approximate surface area is 157 Å². The van der Waals surface area contributed by atoms with Crippen molar-refractivity contribution < 1.29 is 36.6 Å². The van der Waals surface area contributed by atoms with Crippen molar-refractivity contribution in [2.24, 2.45) is 0 Å². The second kappa shape index (κ2) is 8.49. The lowest BCUT2D eigenvalue weighted by molar-refractivity contribution is 0.0686. The normalized spacial score (nSPS) is 11.2. The van der Waals surface area contributed by atoms with E-state index in [9.17, 15) is 26.4 Å². The minimum absolute atomic E-state index is 0.0177. The standard InChI is InChI=1S/2C7H5ClO4S/c8-13(11,12)6-3-1-5(2-4-6)7(9)10;8-13(11,12)6-3-1-2-5(4-6)7(9)10/h2*1-4H,(H,9,10). The Kier molecular flexibility index (Phi) is 7.16. The molecule has 0 saturated carbocycles. The molecule has 0 aliphatic heterocycles. The number of halogens is 2. The highest BCUT2D eigenvalue weighted by atomic mass is 35.7. The number of rotatable bonds is 4. The van der Waals surface area contributed by atoms with Crippen molar-refractivity contribution in [2.75, 3.05) is 0 Å². The summed E-state index contributed by atoms with van der Waals surface area (Å²) in [6.07, 6.45) is 0. The van der Waals surface area contributed by atoms with Gasteiger partial charge in [0.1, 0.15) is 0 Å². The van der Waals surface area contributed by atoms with Crippen molar-refractivity contribution in [3.8, 4) is 0 Å². The van der Waals surface area contributed by atoms with Gasteiger partial charge in [-0.1, -0.05) is 6.07 Å². The van der Waals surface area contributed by atoms with Gasteiger partial charge in [-0.05, 0) is 42.5 Å². The molecule has 0 unspecified atom stereocenters. The molecule has 0 atom stereocenters. The van der Waals surface area contributed by atoms with Gasteiger partial charge in [-0.3, -0.25) is 0 Å². The summed E-state index contributed by atoms with van der Waals surface area (Å²) in [5.74, 6) is -2.30. The van der Waals surface area contributed by atoms with Gasteiger partial charge in [-0.25, -0.2) is 26.4 Å². The zero-order valence-electron chi connectivity index (χ0n) is 12.5. The summed E-state index contributed by atoms with van der Waals surface area (Å²) >= 11 is 0. The number of carbonyl (C=O) groups is 2. The Balaban J connectivity index is 0.000000260. The first kappa shape index (κ1) is 21.9. The molecule has 26 heavy (non-hydrogen) atoms. The Bertz CT molecular complexity index is 1030. The number of benzene rings is 2. The summed E-state index contributed by atoms with van der Waals surface area (Å²) in [6.45, 7) is 0. The smallest absolute Gasteiger partial charge is 0.335 e. The van der Waals surface area contributed by atoms with Crippen molar-refractivity contribution in [3.63, 3.8) is 0 Å². The van der Waals surface area contributed by atoms with Crippen LogP contribution >= 0.6 is 21.4 Å². The molecule has 2 aromatic rings. The second-order valence-corrected chi connectivity index (χ2v) is 9.67. The Morgan fingerprint density at radius 2 is 1.15 bits per heavy atom. The Hall–Kier alpha value is -2.14. The first-order chi connectivity index (χ1) is 11.8. The van der Waals surface area contributed by atoms with Crippen LogP contribution in [0.15, 0.2) is 58.3 Å². The van der Waals surface area contributed by atoms with Crippen LogP contribution in [-0.2, 0) is 18.1 Å². The molecule has 2 aromatic carbocycles. The molecule has 0 fully saturated rings. The van der Waals surface area contributed by atoms with E-state index in [1.54, 1.807) is 0 Å². The number of carboxylic acid groups (broad SMARTS) is 2. The van der Waals surface area contributed by atoms with Crippen LogP contribution in [-0.4, -0.2) is 39.0 Å². The van der Waals surface area contributed by atoms with E-state index < -0.39 is 30.0 Å². The minimum Gasteiger partial charge on any atom is -0.478 e. The number of carboxylic acids is 2. The van der Waals surface area contributed by atoms with E-state index >= 15 is 0 Å². The zero-order chi connectivity index (χ0) is 20.1. The quantitative estimate of drug-likeness (QED) is 0.690. The molecule has 0 aliphatic rings. The molecule has 0 spiro atoms. The van der Waals surface area contributed by atoms with Crippen LogP contribution in [0, 0.1) is 0 Å². The van der Waals surface area contributed by atoms with Gasteiger partial charge in [-0.15, -0.1) is 0 Å². The average Bonchev–Trinajstić information content (AvgIpc) is 2.54. The molecule has 2 N–H and O–H groups in total. The van der Waals surface area contributed by atoms with Crippen LogP contribution in [0.1, 0.15) is 20.7 Å². The van der Waals surface area contributed by atoms with Gasteiger partial charge >= 0.3 is 11.9 Å². The van der Waals surface area contributed by atoms with Crippen molar-refractivity contribution in [2.45, 2.75) is 9.79 Å². The van der Waals surface area contributed by atoms with E-state index in [0.717, 1.165) is 18.2 Å².